The second-order valence-electron chi connectivity index (χ2n) is 11.8. The molecule has 6 rings (SSSR count). The molecule has 2 aliphatic heterocycles. The zero-order chi connectivity index (χ0) is 31.2. The van der Waals surface area contributed by atoms with E-state index in [9.17, 15) is 21.9 Å². The van der Waals surface area contributed by atoms with E-state index in [1.807, 2.05) is 50.2 Å². The molecule has 230 valence electrons. The molecule has 0 aliphatic carbocycles. The Kier molecular flexibility index (Phi) is 8.47. The molecule has 0 radical (unpaired) electrons. The second kappa shape index (κ2) is 12.0. The van der Waals surface area contributed by atoms with Gasteiger partial charge in [0.25, 0.3) is 0 Å². The molecule has 0 aromatic heterocycles. The number of nitrogens with zero attached hydrogens (tertiary/aromatic N) is 2. The van der Waals surface area contributed by atoms with E-state index in [2.05, 4.69) is 0 Å². The Balaban J connectivity index is 1.50. The van der Waals surface area contributed by atoms with Crippen LogP contribution in [0.15, 0.2) is 113 Å². The van der Waals surface area contributed by atoms with Crippen LogP contribution in [-0.4, -0.2) is 49.2 Å². The van der Waals surface area contributed by atoms with Crippen molar-refractivity contribution in [3.05, 3.63) is 130 Å². The van der Waals surface area contributed by atoms with Gasteiger partial charge in [-0.25, -0.2) is 16.8 Å². The third kappa shape index (κ3) is 5.73. The minimum Gasteiger partial charge on any atom is -0.393 e. The van der Waals surface area contributed by atoms with Gasteiger partial charge in [-0.05, 0) is 74.2 Å². The molecule has 0 saturated carbocycles. The first-order valence-corrected chi connectivity index (χ1v) is 17.9. The van der Waals surface area contributed by atoms with E-state index >= 15 is 0 Å². The normalized spacial score (nSPS) is 25.0. The van der Waals surface area contributed by atoms with Crippen LogP contribution in [0.2, 0.25) is 5.02 Å². The lowest BCUT2D eigenvalue weighted by atomic mass is 9.77. The van der Waals surface area contributed by atoms with Crippen molar-refractivity contribution in [2.45, 2.75) is 60.7 Å². The van der Waals surface area contributed by atoms with Crippen molar-refractivity contribution in [2.75, 3.05) is 6.54 Å². The number of aliphatic hydroxyl groups is 1. The van der Waals surface area contributed by atoms with Crippen LogP contribution < -0.4 is 0 Å². The average molecular weight is 651 g/mol. The van der Waals surface area contributed by atoms with Crippen LogP contribution in [0.25, 0.3) is 0 Å². The summed E-state index contributed by atoms with van der Waals surface area (Å²) in [5.41, 5.74) is 3.30. The maximum atomic E-state index is 14.6. The molecule has 1 unspecified atom stereocenters. The molecule has 2 aliphatic rings. The van der Waals surface area contributed by atoms with E-state index in [0.29, 0.717) is 10.6 Å². The number of benzene rings is 4. The lowest BCUT2D eigenvalue weighted by Crippen LogP contribution is -2.62. The van der Waals surface area contributed by atoms with Crippen LogP contribution >= 0.6 is 11.6 Å². The van der Waals surface area contributed by atoms with E-state index in [4.69, 9.17) is 11.6 Å². The first-order valence-electron chi connectivity index (χ1n) is 14.6. The van der Waals surface area contributed by atoms with Gasteiger partial charge in [0.05, 0.1) is 28.0 Å². The number of hydrogen-bond acceptors (Lipinski definition) is 5. The fraction of sp³-hybridized carbons (Fsp3) is 0.294. The van der Waals surface area contributed by atoms with Gasteiger partial charge in [0.1, 0.15) is 0 Å². The molecule has 5 atom stereocenters. The van der Waals surface area contributed by atoms with Gasteiger partial charge in [-0.15, -0.1) is 0 Å². The molecule has 0 bridgehead atoms. The fourth-order valence-corrected chi connectivity index (χ4v) is 10.4. The van der Waals surface area contributed by atoms with Crippen molar-refractivity contribution in [2.24, 2.45) is 5.92 Å². The van der Waals surface area contributed by atoms with Crippen LogP contribution in [0.5, 0.6) is 0 Å². The zero-order valence-electron chi connectivity index (χ0n) is 24.5. The summed E-state index contributed by atoms with van der Waals surface area (Å²) in [5, 5.41) is 12.1. The molecule has 0 spiro atoms. The van der Waals surface area contributed by atoms with Gasteiger partial charge in [-0.2, -0.15) is 8.61 Å². The van der Waals surface area contributed by atoms with E-state index in [1.54, 1.807) is 66.7 Å². The summed E-state index contributed by atoms with van der Waals surface area (Å²) >= 11 is 6.40. The third-order valence-corrected chi connectivity index (χ3v) is 13.0. The molecule has 2 heterocycles. The van der Waals surface area contributed by atoms with E-state index in [0.717, 1.165) is 16.7 Å². The Hall–Kier alpha value is -3.05. The summed E-state index contributed by atoms with van der Waals surface area (Å²) in [7, 11) is -8.09. The molecule has 10 heteroatoms. The number of fused-ring (bicyclic) bond motifs is 1. The molecule has 2 saturated heterocycles. The first kappa shape index (κ1) is 31.0. The second-order valence-corrected chi connectivity index (χ2v) is 16.0. The Morgan fingerprint density at radius 1 is 0.682 bits per heavy atom. The van der Waals surface area contributed by atoms with Crippen molar-refractivity contribution in [3.63, 3.8) is 0 Å². The smallest absolute Gasteiger partial charge is 0.243 e. The van der Waals surface area contributed by atoms with Gasteiger partial charge in [-0.1, -0.05) is 89.5 Å². The minimum absolute atomic E-state index is 0.0549. The minimum atomic E-state index is -4.07. The molecule has 4 aromatic carbocycles. The van der Waals surface area contributed by atoms with Crippen LogP contribution in [0.3, 0.4) is 0 Å². The fourth-order valence-electron chi connectivity index (χ4n) is 6.65. The van der Waals surface area contributed by atoms with E-state index in [1.165, 1.54) is 8.61 Å². The van der Waals surface area contributed by atoms with Crippen molar-refractivity contribution >= 4 is 31.6 Å². The number of piperidine rings is 2. The summed E-state index contributed by atoms with van der Waals surface area (Å²) < 4.78 is 60.6. The molecule has 7 nitrogen and oxygen atoms in total. The number of halogens is 1. The topological polar surface area (TPSA) is 95.0 Å². The predicted octanol–water partition coefficient (Wildman–Crippen LogP) is 6.27. The number of rotatable bonds is 6. The molecular formula is C34H35ClN2O5S2. The average Bonchev–Trinajstić information content (AvgIpc) is 3.01. The van der Waals surface area contributed by atoms with Crippen molar-refractivity contribution in [1.29, 1.82) is 0 Å². The monoisotopic (exact) mass is 650 g/mol. The summed E-state index contributed by atoms with van der Waals surface area (Å²) in [6, 6.07) is 27.8. The van der Waals surface area contributed by atoms with Gasteiger partial charge in [0.15, 0.2) is 0 Å². The molecule has 44 heavy (non-hydrogen) atoms. The van der Waals surface area contributed by atoms with Crippen LogP contribution in [-0.2, 0) is 20.0 Å². The Bertz CT molecular complexity index is 1850. The van der Waals surface area contributed by atoms with Gasteiger partial charge < -0.3 is 5.11 Å². The lowest BCUT2D eigenvalue weighted by molar-refractivity contribution is -0.0492. The highest BCUT2D eigenvalue weighted by Gasteiger charge is 2.54. The highest BCUT2D eigenvalue weighted by Crippen LogP contribution is 2.49. The number of hydrogen-bond donors (Lipinski definition) is 1. The number of aliphatic hydroxyl groups excluding tert-OH is 1. The maximum absolute atomic E-state index is 14.6. The van der Waals surface area contributed by atoms with E-state index < -0.39 is 50.2 Å². The number of aryl methyl sites for hydroxylation is 2. The van der Waals surface area contributed by atoms with Crippen LogP contribution in [0.4, 0.5) is 0 Å². The highest BCUT2D eigenvalue weighted by molar-refractivity contribution is 7.89. The van der Waals surface area contributed by atoms with Gasteiger partial charge in [-0.3, -0.25) is 0 Å². The highest BCUT2D eigenvalue weighted by atomic mass is 35.5. The van der Waals surface area contributed by atoms with Crippen molar-refractivity contribution < 1.29 is 21.9 Å². The molecule has 4 aromatic rings. The quantitative estimate of drug-likeness (QED) is 0.265. The van der Waals surface area contributed by atoms with Crippen molar-refractivity contribution in [3.8, 4) is 0 Å². The van der Waals surface area contributed by atoms with Crippen molar-refractivity contribution in [1.82, 2.24) is 8.61 Å². The van der Waals surface area contributed by atoms with Gasteiger partial charge in [0.2, 0.25) is 20.0 Å². The standard InChI is InChI=1S/C34H35ClN2O5S2/c1-23-11-15-28(16-12-23)43(39,40)36-22-30-33(20-31(36)26-9-6-10-27(35)19-26)37(44(41,42)29-17-13-24(2)14-18-29)32(21-34(30)38)25-7-4-3-5-8-25/h3-19,30-34,38H,20-22H2,1-2H3/t30-,31?,32+,33+,34+/m1/s1. The summed E-state index contributed by atoms with van der Waals surface area (Å²) in [4.78, 5) is 0.304. The molecule has 2 fully saturated rings. The number of sulfonamides is 2. The molecular weight excluding hydrogens is 616 g/mol. The lowest BCUT2D eigenvalue weighted by Gasteiger charge is -2.53. The summed E-state index contributed by atoms with van der Waals surface area (Å²) in [6.07, 6.45) is -0.663. The third-order valence-electron chi connectivity index (χ3n) is 8.93. The zero-order valence-corrected chi connectivity index (χ0v) is 26.9. The summed E-state index contributed by atoms with van der Waals surface area (Å²) in [5.74, 6) is -0.661. The van der Waals surface area contributed by atoms with Crippen LogP contribution in [0, 0.1) is 19.8 Å². The van der Waals surface area contributed by atoms with Crippen LogP contribution in [0.1, 0.15) is 47.2 Å². The van der Waals surface area contributed by atoms with E-state index in [-0.39, 0.29) is 29.2 Å². The van der Waals surface area contributed by atoms with Gasteiger partial charge >= 0.3 is 0 Å². The summed E-state index contributed by atoms with van der Waals surface area (Å²) in [6.45, 7) is 3.73. The first-order chi connectivity index (χ1) is 21.0. The molecule has 1 N–H and O–H groups in total. The maximum Gasteiger partial charge on any atom is 0.243 e. The molecule has 0 amide bonds. The largest absolute Gasteiger partial charge is 0.393 e. The Labute approximate surface area is 264 Å². The SMILES string of the molecule is Cc1ccc(S(=O)(=O)N2C[C@H]3[C@@H](O)C[C@@H](c4ccccc4)N(S(=O)(=O)c4ccc(C)cc4)[C@H]3CC2c2cccc(Cl)c2)cc1. The Morgan fingerprint density at radius 3 is 1.84 bits per heavy atom. The Morgan fingerprint density at radius 2 is 1.25 bits per heavy atom. The van der Waals surface area contributed by atoms with Gasteiger partial charge in [0, 0.05) is 23.5 Å². The predicted molar refractivity (Wildman–Crippen MR) is 171 cm³/mol.